The summed E-state index contributed by atoms with van der Waals surface area (Å²) in [7, 11) is 3.87. The topological polar surface area (TPSA) is 51.2 Å². The second kappa shape index (κ2) is 5.79. The molecule has 2 saturated heterocycles. The molecule has 1 aromatic rings. The lowest BCUT2D eigenvalue weighted by Gasteiger charge is -2.46. The molecule has 0 spiro atoms. The third-order valence-electron chi connectivity index (χ3n) is 4.01. The fraction of sp³-hybridized carbons (Fsp3) is 0.600. The SMILES string of the molecule is CN(C)C1COC2COC(c3ccccc3)OC2C1O. The van der Waals surface area contributed by atoms with Gasteiger partial charge >= 0.3 is 0 Å². The first-order valence-corrected chi connectivity index (χ1v) is 6.95. The first-order chi connectivity index (χ1) is 9.66. The van der Waals surface area contributed by atoms with Crippen molar-refractivity contribution in [2.24, 2.45) is 0 Å². The van der Waals surface area contributed by atoms with Gasteiger partial charge in [-0.3, -0.25) is 0 Å². The Bertz CT molecular complexity index is 439. The molecule has 1 N–H and O–H groups in total. The third-order valence-corrected chi connectivity index (χ3v) is 4.01. The second-order valence-corrected chi connectivity index (χ2v) is 5.57. The number of rotatable bonds is 2. The lowest BCUT2D eigenvalue weighted by atomic mass is 9.96. The standard InChI is InChI=1S/C15H21NO4/c1-16(2)11-8-18-12-9-19-15(20-14(12)13(11)17)10-6-4-3-5-7-10/h3-7,11-15,17H,8-9H2,1-2H3. The van der Waals surface area contributed by atoms with Gasteiger partial charge in [-0.2, -0.15) is 0 Å². The Labute approximate surface area is 119 Å². The van der Waals surface area contributed by atoms with Crippen LogP contribution in [0, 0.1) is 0 Å². The Kier molecular flexibility index (Phi) is 4.05. The van der Waals surface area contributed by atoms with Crippen LogP contribution in [0.2, 0.25) is 0 Å². The van der Waals surface area contributed by atoms with E-state index in [1.54, 1.807) is 0 Å². The van der Waals surface area contributed by atoms with Crippen LogP contribution >= 0.6 is 0 Å². The van der Waals surface area contributed by atoms with E-state index in [1.165, 1.54) is 0 Å². The van der Waals surface area contributed by atoms with Gasteiger partial charge in [-0.05, 0) is 14.1 Å². The smallest absolute Gasteiger partial charge is 0.184 e. The van der Waals surface area contributed by atoms with E-state index in [1.807, 2.05) is 49.3 Å². The van der Waals surface area contributed by atoms with E-state index in [2.05, 4.69) is 0 Å². The highest BCUT2D eigenvalue weighted by atomic mass is 16.7. The zero-order valence-electron chi connectivity index (χ0n) is 11.8. The first-order valence-electron chi connectivity index (χ1n) is 6.95. The van der Waals surface area contributed by atoms with Crippen molar-refractivity contribution in [1.82, 2.24) is 4.90 Å². The summed E-state index contributed by atoms with van der Waals surface area (Å²) in [5.74, 6) is 0. The van der Waals surface area contributed by atoms with Crippen molar-refractivity contribution in [3.63, 3.8) is 0 Å². The van der Waals surface area contributed by atoms with Gasteiger partial charge in [-0.25, -0.2) is 0 Å². The second-order valence-electron chi connectivity index (χ2n) is 5.57. The molecule has 5 atom stereocenters. The zero-order chi connectivity index (χ0) is 14.1. The molecule has 0 saturated carbocycles. The maximum atomic E-state index is 10.5. The van der Waals surface area contributed by atoms with Crippen LogP contribution in [0.4, 0.5) is 0 Å². The van der Waals surface area contributed by atoms with Gasteiger partial charge in [0.15, 0.2) is 6.29 Å². The third kappa shape index (κ3) is 2.60. The fourth-order valence-corrected chi connectivity index (χ4v) is 2.77. The zero-order valence-corrected chi connectivity index (χ0v) is 11.8. The van der Waals surface area contributed by atoms with E-state index in [9.17, 15) is 5.11 Å². The number of aliphatic hydroxyl groups excluding tert-OH is 1. The average Bonchev–Trinajstić information content (AvgIpc) is 2.48. The molecule has 0 bridgehead atoms. The van der Waals surface area contributed by atoms with Crippen LogP contribution in [0.15, 0.2) is 30.3 Å². The summed E-state index contributed by atoms with van der Waals surface area (Å²) in [6.45, 7) is 0.944. The van der Waals surface area contributed by atoms with Crippen molar-refractivity contribution in [3.8, 4) is 0 Å². The highest BCUT2D eigenvalue weighted by Crippen LogP contribution is 2.32. The van der Waals surface area contributed by atoms with Crippen LogP contribution in [0.1, 0.15) is 11.9 Å². The monoisotopic (exact) mass is 279 g/mol. The van der Waals surface area contributed by atoms with Gasteiger partial charge in [-0.1, -0.05) is 30.3 Å². The van der Waals surface area contributed by atoms with Crippen LogP contribution in [0.5, 0.6) is 0 Å². The van der Waals surface area contributed by atoms with Crippen molar-refractivity contribution >= 4 is 0 Å². The minimum Gasteiger partial charge on any atom is -0.389 e. The van der Waals surface area contributed by atoms with E-state index >= 15 is 0 Å². The summed E-state index contributed by atoms with van der Waals surface area (Å²) in [4.78, 5) is 1.97. The molecule has 2 heterocycles. The highest BCUT2D eigenvalue weighted by molar-refractivity contribution is 5.16. The van der Waals surface area contributed by atoms with Gasteiger partial charge in [0.2, 0.25) is 0 Å². The molecule has 110 valence electrons. The fourth-order valence-electron chi connectivity index (χ4n) is 2.77. The summed E-state index contributed by atoms with van der Waals surface area (Å²) in [5.41, 5.74) is 0.963. The van der Waals surface area contributed by atoms with Crippen LogP contribution in [0.25, 0.3) is 0 Å². The number of aliphatic hydroxyl groups is 1. The van der Waals surface area contributed by atoms with Gasteiger partial charge < -0.3 is 24.2 Å². The van der Waals surface area contributed by atoms with Crippen molar-refractivity contribution in [3.05, 3.63) is 35.9 Å². The van der Waals surface area contributed by atoms with E-state index in [0.717, 1.165) is 5.56 Å². The van der Waals surface area contributed by atoms with Crippen LogP contribution in [0.3, 0.4) is 0 Å². The molecule has 3 rings (SSSR count). The van der Waals surface area contributed by atoms with Crippen LogP contribution in [-0.2, 0) is 14.2 Å². The van der Waals surface area contributed by atoms with Crippen LogP contribution < -0.4 is 0 Å². The predicted octanol–water partition coefficient (Wildman–Crippen LogP) is 0.790. The molecule has 2 aliphatic heterocycles. The summed E-state index contributed by atoms with van der Waals surface area (Å²) >= 11 is 0. The summed E-state index contributed by atoms with van der Waals surface area (Å²) in [6.07, 6.45) is -1.55. The van der Waals surface area contributed by atoms with Gasteiger partial charge in [0.25, 0.3) is 0 Å². The molecule has 0 radical (unpaired) electrons. The number of hydrogen-bond donors (Lipinski definition) is 1. The molecule has 5 heteroatoms. The molecule has 5 unspecified atom stereocenters. The maximum Gasteiger partial charge on any atom is 0.184 e. The van der Waals surface area contributed by atoms with Gasteiger partial charge in [-0.15, -0.1) is 0 Å². The average molecular weight is 279 g/mol. The van der Waals surface area contributed by atoms with Crippen molar-refractivity contribution in [2.75, 3.05) is 27.3 Å². The molecular weight excluding hydrogens is 258 g/mol. The minimum atomic E-state index is -0.570. The Morgan fingerprint density at radius 2 is 1.85 bits per heavy atom. The molecule has 1 aromatic carbocycles. The van der Waals surface area contributed by atoms with E-state index in [0.29, 0.717) is 13.2 Å². The lowest BCUT2D eigenvalue weighted by Crippen LogP contribution is -2.61. The first kappa shape index (κ1) is 14.0. The van der Waals surface area contributed by atoms with Gasteiger partial charge in [0, 0.05) is 5.56 Å². The summed E-state index contributed by atoms with van der Waals surface area (Å²) in [5, 5.41) is 10.5. The maximum absolute atomic E-state index is 10.5. The Morgan fingerprint density at radius 1 is 1.10 bits per heavy atom. The number of benzene rings is 1. The predicted molar refractivity (Wildman–Crippen MR) is 73.2 cm³/mol. The molecule has 0 amide bonds. The summed E-state index contributed by atoms with van der Waals surface area (Å²) < 4.78 is 17.4. The van der Waals surface area contributed by atoms with Crippen molar-refractivity contribution in [2.45, 2.75) is 30.6 Å². The van der Waals surface area contributed by atoms with Crippen LogP contribution in [-0.4, -0.2) is 61.7 Å². The van der Waals surface area contributed by atoms with Crippen molar-refractivity contribution in [1.29, 1.82) is 0 Å². The number of likely N-dealkylation sites (N-methyl/N-ethyl adjacent to an activating group) is 1. The summed E-state index contributed by atoms with van der Waals surface area (Å²) in [6, 6.07) is 9.73. The highest BCUT2D eigenvalue weighted by Gasteiger charge is 2.45. The van der Waals surface area contributed by atoms with E-state index in [-0.39, 0.29) is 18.2 Å². The molecule has 5 nitrogen and oxygen atoms in total. The van der Waals surface area contributed by atoms with E-state index in [4.69, 9.17) is 14.2 Å². The number of nitrogens with zero attached hydrogens (tertiary/aromatic N) is 1. The Balaban J connectivity index is 1.74. The minimum absolute atomic E-state index is 0.0502. The molecule has 0 aliphatic carbocycles. The molecule has 2 fully saturated rings. The van der Waals surface area contributed by atoms with Gasteiger partial charge in [0.05, 0.1) is 19.3 Å². The molecule has 20 heavy (non-hydrogen) atoms. The molecule has 0 aromatic heterocycles. The Morgan fingerprint density at radius 3 is 2.55 bits per heavy atom. The number of ether oxygens (including phenoxy) is 3. The quantitative estimate of drug-likeness (QED) is 0.867. The number of hydrogen-bond acceptors (Lipinski definition) is 5. The van der Waals surface area contributed by atoms with Gasteiger partial charge in [0.1, 0.15) is 18.3 Å². The van der Waals surface area contributed by atoms with E-state index < -0.39 is 12.4 Å². The lowest BCUT2D eigenvalue weighted by molar-refractivity contribution is -0.307. The normalized spacial score (nSPS) is 37.7. The largest absolute Gasteiger partial charge is 0.389 e. The Hall–Kier alpha value is -0.980. The molecule has 2 aliphatic rings. The molecular formula is C15H21NO4. The number of fused-ring (bicyclic) bond motifs is 1. The van der Waals surface area contributed by atoms with Crippen molar-refractivity contribution < 1.29 is 19.3 Å².